The summed E-state index contributed by atoms with van der Waals surface area (Å²) < 4.78 is 6.65. The van der Waals surface area contributed by atoms with Gasteiger partial charge in [0, 0.05) is 17.4 Å². The van der Waals surface area contributed by atoms with Crippen LogP contribution >= 0.6 is 27.3 Å². The van der Waals surface area contributed by atoms with Crippen molar-refractivity contribution < 1.29 is 9.53 Å². The average molecular weight is 445 g/mol. The van der Waals surface area contributed by atoms with E-state index >= 15 is 0 Å². The summed E-state index contributed by atoms with van der Waals surface area (Å²) >= 11 is 4.92. The Labute approximate surface area is 171 Å². The number of hydrogen-bond donors (Lipinski definition) is 1. The molecule has 0 fully saturated rings. The fourth-order valence-corrected chi connectivity index (χ4v) is 3.85. The van der Waals surface area contributed by atoms with E-state index in [9.17, 15) is 4.79 Å². The number of hydrogen-bond acceptors (Lipinski definition) is 4. The number of anilines is 1. The molecule has 0 radical (unpaired) electrons. The molecular formula is C21H21BrN2O2S. The molecule has 0 aliphatic carbocycles. The molecule has 1 heterocycles. The van der Waals surface area contributed by atoms with Crippen molar-refractivity contribution in [3.63, 3.8) is 0 Å². The third-order valence-electron chi connectivity index (χ3n) is 3.99. The molecule has 2 aromatic carbocycles. The first kappa shape index (κ1) is 19.6. The molecule has 1 aromatic heterocycles. The van der Waals surface area contributed by atoms with Crippen LogP contribution in [-0.4, -0.2) is 17.5 Å². The zero-order valence-corrected chi connectivity index (χ0v) is 17.7. The van der Waals surface area contributed by atoms with Crippen molar-refractivity contribution in [3.8, 4) is 17.0 Å². The van der Waals surface area contributed by atoms with Gasteiger partial charge in [-0.25, -0.2) is 4.98 Å². The molecule has 0 atom stereocenters. The quantitative estimate of drug-likeness (QED) is 0.455. The Bertz CT molecular complexity index is 922. The van der Waals surface area contributed by atoms with Crippen LogP contribution in [-0.2, 0) is 4.79 Å². The SMILES string of the molecule is Cc1ccc(-c2csc(NC(=O)CCCOc3ccc(C)cc3Br)n2)cc1. The number of amides is 1. The number of rotatable bonds is 7. The summed E-state index contributed by atoms with van der Waals surface area (Å²) in [5.41, 5.74) is 4.31. The van der Waals surface area contributed by atoms with Crippen molar-refractivity contribution in [2.24, 2.45) is 0 Å². The van der Waals surface area contributed by atoms with E-state index in [1.807, 2.05) is 42.6 Å². The highest BCUT2D eigenvalue weighted by atomic mass is 79.9. The van der Waals surface area contributed by atoms with Crippen molar-refractivity contribution in [3.05, 3.63) is 63.4 Å². The molecule has 4 nitrogen and oxygen atoms in total. The standard InChI is InChI=1S/C21H21BrN2O2S/c1-14-5-8-16(9-6-14)18-13-27-21(23-18)24-20(25)4-3-11-26-19-10-7-15(2)12-17(19)22/h5-10,12-13H,3-4,11H2,1-2H3,(H,23,24,25). The number of aryl methyl sites for hydroxylation is 2. The Balaban J connectivity index is 1.45. The zero-order valence-electron chi connectivity index (χ0n) is 15.3. The number of carbonyl (C=O) groups is 1. The number of aromatic nitrogens is 1. The van der Waals surface area contributed by atoms with Gasteiger partial charge in [-0.1, -0.05) is 35.9 Å². The van der Waals surface area contributed by atoms with E-state index in [1.54, 1.807) is 0 Å². The minimum absolute atomic E-state index is 0.0497. The van der Waals surface area contributed by atoms with Crippen LogP contribution in [0.3, 0.4) is 0 Å². The molecule has 0 saturated carbocycles. The number of nitrogens with one attached hydrogen (secondary N) is 1. The minimum Gasteiger partial charge on any atom is -0.492 e. The number of ether oxygens (including phenoxy) is 1. The number of nitrogens with zero attached hydrogens (tertiary/aromatic N) is 1. The van der Waals surface area contributed by atoms with Crippen LogP contribution in [0.4, 0.5) is 5.13 Å². The highest BCUT2D eigenvalue weighted by molar-refractivity contribution is 9.10. The second kappa shape index (κ2) is 9.15. The highest BCUT2D eigenvalue weighted by Crippen LogP contribution is 2.26. The normalized spacial score (nSPS) is 10.6. The van der Waals surface area contributed by atoms with Crippen molar-refractivity contribution in [1.82, 2.24) is 4.98 Å². The predicted octanol–water partition coefficient (Wildman–Crippen LogP) is 5.99. The zero-order chi connectivity index (χ0) is 19.2. The lowest BCUT2D eigenvalue weighted by molar-refractivity contribution is -0.116. The molecule has 1 amide bonds. The predicted molar refractivity (Wildman–Crippen MR) is 115 cm³/mol. The van der Waals surface area contributed by atoms with Gasteiger partial charge in [-0.15, -0.1) is 11.3 Å². The molecule has 0 spiro atoms. The van der Waals surface area contributed by atoms with Crippen LogP contribution < -0.4 is 10.1 Å². The number of thiazole rings is 1. The van der Waals surface area contributed by atoms with Gasteiger partial charge in [-0.3, -0.25) is 4.79 Å². The number of carbonyl (C=O) groups excluding carboxylic acids is 1. The first-order chi connectivity index (χ1) is 13.0. The maximum absolute atomic E-state index is 12.1. The van der Waals surface area contributed by atoms with Gasteiger partial charge >= 0.3 is 0 Å². The summed E-state index contributed by atoms with van der Waals surface area (Å²) in [5, 5.41) is 5.44. The summed E-state index contributed by atoms with van der Waals surface area (Å²) in [6, 6.07) is 14.1. The maximum atomic E-state index is 12.1. The smallest absolute Gasteiger partial charge is 0.226 e. The topological polar surface area (TPSA) is 51.2 Å². The van der Waals surface area contributed by atoms with Crippen LogP contribution in [0.2, 0.25) is 0 Å². The van der Waals surface area contributed by atoms with Gasteiger partial charge in [0.2, 0.25) is 5.91 Å². The third-order valence-corrected chi connectivity index (χ3v) is 5.37. The summed E-state index contributed by atoms with van der Waals surface area (Å²) in [5.74, 6) is 0.745. The Morgan fingerprint density at radius 1 is 1.15 bits per heavy atom. The highest BCUT2D eigenvalue weighted by Gasteiger charge is 2.08. The summed E-state index contributed by atoms with van der Waals surface area (Å²) in [4.78, 5) is 16.6. The molecule has 0 saturated heterocycles. The van der Waals surface area contributed by atoms with Crippen LogP contribution in [0, 0.1) is 13.8 Å². The fraction of sp³-hybridized carbons (Fsp3) is 0.238. The molecule has 3 aromatic rings. The van der Waals surface area contributed by atoms with Gasteiger partial charge in [0.25, 0.3) is 0 Å². The molecule has 0 aliphatic heterocycles. The third kappa shape index (κ3) is 5.65. The van der Waals surface area contributed by atoms with Gasteiger partial charge in [0.1, 0.15) is 5.75 Å². The van der Waals surface area contributed by atoms with E-state index in [-0.39, 0.29) is 5.91 Å². The molecule has 27 heavy (non-hydrogen) atoms. The van der Waals surface area contributed by atoms with Crippen molar-refractivity contribution in [2.45, 2.75) is 26.7 Å². The lowest BCUT2D eigenvalue weighted by Crippen LogP contribution is -2.12. The number of benzene rings is 2. The Kier molecular flexibility index (Phi) is 6.63. The first-order valence-corrected chi connectivity index (χ1v) is 10.4. The van der Waals surface area contributed by atoms with Crippen molar-refractivity contribution in [2.75, 3.05) is 11.9 Å². The molecule has 6 heteroatoms. The van der Waals surface area contributed by atoms with E-state index < -0.39 is 0 Å². The molecule has 0 unspecified atom stereocenters. The van der Waals surface area contributed by atoms with Crippen LogP contribution in [0.1, 0.15) is 24.0 Å². The molecule has 1 N–H and O–H groups in total. The first-order valence-electron chi connectivity index (χ1n) is 8.72. The second-order valence-electron chi connectivity index (χ2n) is 6.34. The molecule has 3 rings (SSSR count). The van der Waals surface area contributed by atoms with E-state index in [1.165, 1.54) is 22.5 Å². The monoisotopic (exact) mass is 444 g/mol. The van der Waals surface area contributed by atoms with Crippen molar-refractivity contribution in [1.29, 1.82) is 0 Å². The Morgan fingerprint density at radius 2 is 1.89 bits per heavy atom. The lowest BCUT2D eigenvalue weighted by Gasteiger charge is -2.08. The Morgan fingerprint density at radius 3 is 2.63 bits per heavy atom. The van der Waals surface area contributed by atoms with Crippen LogP contribution in [0.25, 0.3) is 11.3 Å². The van der Waals surface area contributed by atoms with E-state index in [0.29, 0.717) is 24.6 Å². The molecule has 0 bridgehead atoms. The van der Waals surface area contributed by atoms with E-state index in [0.717, 1.165) is 21.5 Å². The van der Waals surface area contributed by atoms with Gasteiger partial charge < -0.3 is 10.1 Å². The Hall–Kier alpha value is -2.18. The second-order valence-corrected chi connectivity index (χ2v) is 8.05. The van der Waals surface area contributed by atoms with Gasteiger partial charge in [-0.05, 0) is 53.9 Å². The van der Waals surface area contributed by atoms with Crippen LogP contribution in [0.5, 0.6) is 5.75 Å². The summed E-state index contributed by atoms with van der Waals surface area (Å²) in [6.45, 7) is 4.57. The van der Waals surface area contributed by atoms with Crippen molar-refractivity contribution >= 4 is 38.3 Å². The fourth-order valence-electron chi connectivity index (χ4n) is 2.51. The molecule has 0 aliphatic rings. The molecular weight excluding hydrogens is 424 g/mol. The van der Waals surface area contributed by atoms with E-state index in [2.05, 4.69) is 45.3 Å². The van der Waals surface area contributed by atoms with E-state index in [4.69, 9.17) is 4.74 Å². The minimum atomic E-state index is -0.0497. The maximum Gasteiger partial charge on any atom is 0.226 e. The van der Waals surface area contributed by atoms with Gasteiger partial charge in [0.05, 0.1) is 16.8 Å². The van der Waals surface area contributed by atoms with Crippen LogP contribution in [0.15, 0.2) is 52.3 Å². The van der Waals surface area contributed by atoms with Gasteiger partial charge in [-0.2, -0.15) is 0 Å². The summed E-state index contributed by atoms with van der Waals surface area (Å²) in [6.07, 6.45) is 1.03. The molecule has 140 valence electrons. The average Bonchev–Trinajstić information content (AvgIpc) is 3.09. The summed E-state index contributed by atoms with van der Waals surface area (Å²) in [7, 11) is 0. The largest absolute Gasteiger partial charge is 0.492 e. The lowest BCUT2D eigenvalue weighted by atomic mass is 10.1. The van der Waals surface area contributed by atoms with Gasteiger partial charge in [0.15, 0.2) is 5.13 Å². The number of halogens is 1.